The van der Waals surface area contributed by atoms with Crippen LogP contribution in [0, 0.1) is 9.87 Å². The number of benzene rings is 2. The van der Waals surface area contributed by atoms with Crippen LogP contribution in [-0.2, 0) is 9.53 Å². The molecule has 3 N–H and O–H groups in total. The number of H-pyrrole nitrogens is 1. The fourth-order valence-electron chi connectivity index (χ4n) is 3.77. The van der Waals surface area contributed by atoms with Crippen molar-refractivity contribution in [1.29, 1.82) is 0 Å². The first-order chi connectivity index (χ1) is 14.9. The fraction of sp³-hybridized carbons (Fsp3) is 0.273. The predicted octanol–water partition coefficient (Wildman–Crippen LogP) is 4.70. The number of nitrogens with zero attached hydrogens (tertiary/aromatic N) is 1. The summed E-state index contributed by atoms with van der Waals surface area (Å²) in [4.78, 5) is 25.2. The second-order valence-electron chi connectivity index (χ2n) is 7.60. The zero-order valence-corrected chi connectivity index (χ0v) is 18.7. The Morgan fingerprint density at radius 1 is 1.13 bits per heavy atom. The minimum absolute atomic E-state index is 0.0409. The molecule has 1 aliphatic carbocycles. The summed E-state index contributed by atoms with van der Waals surface area (Å²) in [5, 5.41) is 12.2. The van der Waals surface area contributed by atoms with Gasteiger partial charge in [-0.25, -0.2) is 4.79 Å². The highest BCUT2D eigenvalue weighted by Gasteiger charge is 2.30. The minimum Gasteiger partial charge on any atom is -0.449 e. The maximum Gasteiger partial charge on any atom is 0.407 e. The maximum absolute atomic E-state index is 12.6. The van der Waals surface area contributed by atoms with Crippen molar-refractivity contribution >= 4 is 40.7 Å². The third kappa shape index (κ3) is 4.52. The van der Waals surface area contributed by atoms with Gasteiger partial charge in [-0.05, 0) is 40.4 Å². The lowest BCUT2D eigenvalue weighted by Gasteiger charge is -2.21. The van der Waals surface area contributed by atoms with E-state index in [0.717, 1.165) is 33.6 Å². The van der Waals surface area contributed by atoms with Gasteiger partial charge in [0, 0.05) is 5.92 Å². The van der Waals surface area contributed by atoms with Crippen molar-refractivity contribution < 1.29 is 14.3 Å². The third-order valence-corrected chi connectivity index (χ3v) is 6.24. The van der Waals surface area contributed by atoms with Crippen LogP contribution in [0.3, 0.4) is 0 Å². The number of hydrogen-bond donors (Lipinski definition) is 3. The predicted molar refractivity (Wildman–Crippen MR) is 123 cm³/mol. The zero-order valence-electron chi connectivity index (χ0n) is 17.0. The highest BCUT2D eigenvalue weighted by atomic mass is 32.1. The van der Waals surface area contributed by atoms with Crippen molar-refractivity contribution in [3.05, 3.63) is 63.6 Å². The summed E-state index contributed by atoms with van der Waals surface area (Å²) in [6.07, 6.45) is -0.634. The lowest BCUT2D eigenvalue weighted by Crippen LogP contribution is -2.47. The number of alkyl carbamates (subject to hydrolysis) is 1. The van der Waals surface area contributed by atoms with Gasteiger partial charge in [0.1, 0.15) is 12.6 Å². The number of carbonyl (C=O) groups excluding carboxylic acids is 2. The van der Waals surface area contributed by atoms with Crippen molar-refractivity contribution in [3.63, 3.8) is 0 Å². The van der Waals surface area contributed by atoms with Gasteiger partial charge in [0.05, 0.1) is 0 Å². The molecule has 4 rings (SSSR count). The van der Waals surface area contributed by atoms with E-state index >= 15 is 0 Å². The molecule has 1 aliphatic rings. The first-order valence-corrected chi connectivity index (χ1v) is 11.1. The van der Waals surface area contributed by atoms with Crippen LogP contribution in [0.1, 0.15) is 30.9 Å². The number of nitrogens with one attached hydrogen (secondary N) is 3. The zero-order chi connectivity index (χ0) is 22.0. The molecule has 0 radical (unpaired) electrons. The average molecular weight is 455 g/mol. The highest BCUT2D eigenvalue weighted by Crippen LogP contribution is 2.44. The van der Waals surface area contributed by atoms with Crippen molar-refractivity contribution in [1.82, 2.24) is 15.5 Å². The second kappa shape index (κ2) is 8.99. The van der Waals surface area contributed by atoms with E-state index in [4.69, 9.17) is 17.0 Å². The maximum atomic E-state index is 12.6. The van der Waals surface area contributed by atoms with Crippen LogP contribution in [0.25, 0.3) is 11.1 Å². The Morgan fingerprint density at radius 3 is 2.29 bits per heavy atom. The van der Waals surface area contributed by atoms with Crippen LogP contribution in [0.4, 0.5) is 9.93 Å². The summed E-state index contributed by atoms with van der Waals surface area (Å²) in [7, 11) is 0. The standard InChI is InChI=1S/C22H22N4O3S2/c1-12(2)18(19(27)24-20-25-26-22(30)31-20)23-21(28)29-11-17-15-9-5-3-7-13(15)14-8-4-6-10-16(14)17/h3-10,12,17-18H,11H2,1-2H3,(H,23,28)(H,26,30)(H,24,25,27). The summed E-state index contributed by atoms with van der Waals surface area (Å²) in [5.74, 6) is -0.561. The Morgan fingerprint density at radius 2 is 1.74 bits per heavy atom. The second-order valence-corrected chi connectivity index (χ2v) is 9.26. The molecule has 3 aromatic rings. The van der Waals surface area contributed by atoms with E-state index in [1.807, 2.05) is 38.1 Å². The van der Waals surface area contributed by atoms with Crippen molar-refractivity contribution in [2.75, 3.05) is 11.9 Å². The number of amides is 2. The SMILES string of the molecule is CC(C)C(NC(=O)OCC1c2ccccc2-c2ccccc21)C(=O)Nc1n[nH]c(=S)s1. The Kier molecular flexibility index (Phi) is 6.15. The molecule has 0 spiro atoms. The molecule has 1 heterocycles. The largest absolute Gasteiger partial charge is 0.449 e. The molecule has 2 amide bonds. The molecule has 1 aromatic heterocycles. The number of carbonyl (C=O) groups is 2. The molecule has 1 atom stereocenters. The number of fused-ring (bicyclic) bond motifs is 3. The number of ether oxygens (including phenoxy) is 1. The van der Waals surface area contributed by atoms with Crippen molar-refractivity contribution in [2.24, 2.45) is 5.92 Å². The lowest BCUT2D eigenvalue weighted by atomic mass is 9.98. The fourth-order valence-corrected chi connectivity index (χ4v) is 4.56. The number of hydrogen-bond acceptors (Lipinski definition) is 6. The molecule has 9 heteroatoms. The van der Waals surface area contributed by atoms with Crippen LogP contribution in [0.15, 0.2) is 48.5 Å². The van der Waals surface area contributed by atoms with Gasteiger partial charge in [-0.2, -0.15) is 0 Å². The number of anilines is 1. The van der Waals surface area contributed by atoms with E-state index in [1.165, 1.54) is 0 Å². The van der Waals surface area contributed by atoms with Gasteiger partial charge >= 0.3 is 6.09 Å². The first-order valence-electron chi connectivity index (χ1n) is 9.92. The Bertz CT molecular complexity index is 1130. The molecule has 0 saturated heterocycles. The normalized spacial score (nSPS) is 13.4. The number of aromatic amines is 1. The average Bonchev–Trinajstić information content (AvgIpc) is 3.31. The van der Waals surface area contributed by atoms with E-state index < -0.39 is 12.1 Å². The first kappa shape index (κ1) is 21.2. The molecule has 0 aliphatic heterocycles. The van der Waals surface area contributed by atoms with Crippen molar-refractivity contribution in [3.8, 4) is 11.1 Å². The number of rotatable bonds is 6. The summed E-state index contributed by atoms with van der Waals surface area (Å²) in [6, 6.07) is 15.5. The van der Waals surface area contributed by atoms with Crippen LogP contribution in [-0.4, -0.2) is 34.8 Å². The van der Waals surface area contributed by atoms with Gasteiger partial charge in [0.25, 0.3) is 0 Å². The minimum atomic E-state index is -0.770. The molecule has 0 bridgehead atoms. The monoisotopic (exact) mass is 454 g/mol. The molecule has 1 unspecified atom stereocenters. The van der Waals surface area contributed by atoms with Gasteiger partial charge in [0.2, 0.25) is 11.0 Å². The summed E-state index contributed by atoms with van der Waals surface area (Å²) < 4.78 is 6.02. The third-order valence-electron chi connectivity index (χ3n) is 5.23. The molecule has 160 valence electrons. The van der Waals surface area contributed by atoms with E-state index in [0.29, 0.717) is 9.09 Å². The number of aromatic nitrogens is 2. The van der Waals surface area contributed by atoms with Gasteiger partial charge in [-0.3, -0.25) is 15.2 Å². The molecular weight excluding hydrogens is 432 g/mol. The van der Waals surface area contributed by atoms with E-state index in [-0.39, 0.29) is 24.3 Å². The molecule has 0 saturated carbocycles. The molecule has 0 fully saturated rings. The summed E-state index contributed by atoms with van der Waals surface area (Å²) >= 11 is 6.13. The highest BCUT2D eigenvalue weighted by molar-refractivity contribution is 7.73. The van der Waals surface area contributed by atoms with Gasteiger partial charge < -0.3 is 10.1 Å². The van der Waals surface area contributed by atoms with Crippen molar-refractivity contribution in [2.45, 2.75) is 25.8 Å². The molecule has 2 aromatic carbocycles. The quantitative estimate of drug-likeness (QED) is 0.469. The molecular formula is C22H22N4O3S2. The summed E-state index contributed by atoms with van der Waals surface area (Å²) in [6.45, 7) is 3.88. The smallest absolute Gasteiger partial charge is 0.407 e. The van der Waals surface area contributed by atoms with Crippen LogP contribution >= 0.6 is 23.6 Å². The van der Waals surface area contributed by atoms with Gasteiger partial charge in [0.15, 0.2) is 3.95 Å². The molecule has 31 heavy (non-hydrogen) atoms. The topological polar surface area (TPSA) is 96.1 Å². The van der Waals surface area contributed by atoms with Crippen LogP contribution in [0.5, 0.6) is 0 Å². The Hall–Kier alpha value is -3.04. The van der Waals surface area contributed by atoms with Crippen LogP contribution < -0.4 is 10.6 Å². The van der Waals surface area contributed by atoms with E-state index in [2.05, 4.69) is 45.1 Å². The lowest BCUT2D eigenvalue weighted by molar-refractivity contribution is -0.119. The van der Waals surface area contributed by atoms with Crippen LogP contribution in [0.2, 0.25) is 0 Å². The van der Waals surface area contributed by atoms with E-state index in [1.54, 1.807) is 0 Å². The van der Waals surface area contributed by atoms with Gasteiger partial charge in [-0.1, -0.05) is 73.7 Å². The Labute approximate surface area is 188 Å². The van der Waals surface area contributed by atoms with E-state index in [9.17, 15) is 9.59 Å². The Balaban J connectivity index is 1.42. The molecule has 7 nitrogen and oxygen atoms in total. The van der Waals surface area contributed by atoms with Gasteiger partial charge in [-0.15, -0.1) is 5.10 Å². The summed E-state index contributed by atoms with van der Waals surface area (Å²) in [5.41, 5.74) is 4.59.